The van der Waals surface area contributed by atoms with Gasteiger partial charge in [0.2, 0.25) is 5.91 Å². The van der Waals surface area contributed by atoms with Gasteiger partial charge in [-0.3, -0.25) is 9.59 Å². The molecule has 0 aromatic heterocycles. The molecule has 1 N–H and O–H groups in total. The lowest BCUT2D eigenvalue weighted by Crippen LogP contribution is -2.51. The van der Waals surface area contributed by atoms with Crippen molar-refractivity contribution in [1.82, 2.24) is 10.2 Å². The summed E-state index contributed by atoms with van der Waals surface area (Å²) in [6, 6.07) is 15.1. The summed E-state index contributed by atoms with van der Waals surface area (Å²) in [5.41, 5.74) is 3.11. The van der Waals surface area contributed by atoms with E-state index in [0.717, 1.165) is 23.1 Å². The first-order chi connectivity index (χ1) is 14.3. The Hall–Kier alpha value is -2.82. The molecule has 0 unspecified atom stereocenters. The SMILES string of the molecule is CC[C@@H](C)NC(=O)[C@@H](CC)N(Cc1ccccc1)C(=O)COc1ccc(C)cc1C. The van der Waals surface area contributed by atoms with Crippen molar-refractivity contribution in [3.05, 3.63) is 65.2 Å². The average Bonchev–Trinajstić information content (AvgIpc) is 2.73. The van der Waals surface area contributed by atoms with Crippen molar-refractivity contribution in [1.29, 1.82) is 0 Å². The summed E-state index contributed by atoms with van der Waals surface area (Å²) in [6.07, 6.45) is 1.37. The third-order valence-corrected chi connectivity index (χ3v) is 5.26. The number of carbonyl (C=O) groups excluding carboxylic acids is 2. The zero-order chi connectivity index (χ0) is 22.1. The minimum absolute atomic E-state index is 0.0617. The Balaban J connectivity index is 2.20. The average molecular weight is 411 g/mol. The van der Waals surface area contributed by atoms with Crippen LogP contribution in [0.25, 0.3) is 0 Å². The predicted octanol–water partition coefficient (Wildman–Crippen LogP) is 4.40. The zero-order valence-corrected chi connectivity index (χ0v) is 18.8. The van der Waals surface area contributed by atoms with Gasteiger partial charge >= 0.3 is 0 Å². The molecule has 5 heteroatoms. The van der Waals surface area contributed by atoms with Crippen molar-refractivity contribution in [2.75, 3.05) is 6.61 Å². The number of nitrogens with one attached hydrogen (secondary N) is 1. The van der Waals surface area contributed by atoms with E-state index < -0.39 is 6.04 Å². The van der Waals surface area contributed by atoms with E-state index >= 15 is 0 Å². The van der Waals surface area contributed by atoms with E-state index in [9.17, 15) is 9.59 Å². The molecule has 2 aromatic carbocycles. The van der Waals surface area contributed by atoms with Crippen LogP contribution in [0.3, 0.4) is 0 Å². The summed E-state index contributed by atoms with van der Waals surface area (Å²) in [5.74, 6) is 0.360. The maximum absolute atomic E-state index is 13.2. The first-order valence-electron chi connectivity index (χ1n) is 10.7. The van der Waals surface area contributed by atoms with Gasteiger partial charge in [0.15, 0.2) is 6.61 Å². The maximum atomic E-state index is 13.2. The molecule has 0 bridgehead atoms. The van der Waals surface area contributed by atoms with Gasteiger partial charge in [-0.25, -0.2) is 0 Å². The third kappa shape index (κ3) is 6.61. The Kier molecular flexibility index (Phi) is 8.90. The first-order valence-corrected chi connectivity index (χ1v) is 10.7. The van der Waals surface area contributed by atoms with Gasteiger partial charge in [-0.05, 0) is 50.8 Å². The molecule has 162 valence electrons. The molecule has 0 saturated carbocycles. The molecule has 0 spiro atoms. The van der Waals surface area contributed by atoms with Crippen LogP contribution in [0, 0.1) is 13.8 Å². The van der Waals surface area contributed by atoms with Crippen LogP contribution in [-0.4, -0.2) is 35.4 Å². The zero-order valence-electron chi connectivity index (χ0n) is 18.8. The lowest BCUT2D eigenvalue weighted by molar-refractivity contribution is -0.143. The van der Waals surface area contributed by atoms with Crippen molar-refractivity contribution >= 4 is 11.8 Å². The highest BCUT2D eigenvalue weighted by Gasteiger charge is 2.29. The van der Waals surface area contributed by atoms with Crippen LogP contribution in [-0.2, 0) is 16.1 Å². The minimum Gasteiger partial charge on any atom is -0.483 e. The Morgan fingerprint density at radius 3 is 2.33 bits per heavy atom. The minimum atomic E-state index is -0.547. The quantitative estimate of drug-likeness (QED) is 0.631. The molecule has 5 nitrogen and oxygen atoms in total. The van der Waals surface area contributed by atoms with Crippen LogP contribution in [0.1, 0.15) is 50.3 Å². The molecule has 2 aromatic rings. The molecule has 2 atom stereocenters. The van der Waals surface area contributed by atoms with Gasteiger partial charge in [0.25, 0.3) is 5.91 Å². The van der Waals surface area contributed by atoms with E-state index in [1.807, 2.05) is 83.1 Å². The molecule has 2 amide bonds. The normalized spacial score (nSPS) is 12.7. The lowest BCUT2D eigenvalue weighted by atomic mass is 10.1. The summed E-state index contributed by atoms with van der Waals surface area (Å²) >= 11 is 0. The largest absolute Gasteiger partial charge is 0.483 e. The van der Waals surface area contributed by atoms with Crippen LogP contribution < -0.4 is 10.1 Å². The number of carbonyl (C=O) groups is 2. The molecule has 30 heavy (non-hydrogen) atoms. The van der Waals surface area contributed by atoms with Crippen LogP contribution >= 0.6 is 0 Å². The van der Waals surface area contributed by atoms with E-state index in [1.165, 1.54) is 0 Å². The van der Waals surface area contributed by atoms with Crippen molar-refractivity contribution in [2.45, 2.75) is 66.1 Å². The summed E-state index contributed by atoms with van der Waals surface area (Å²) in [6.45, 7) is 10.2. The Morgan fingerprint density at radius 1 is 1.03 bits per heavy atom. The third-order valence-electron chi connectivity index (χ3n) is 5.26. The standard InChI is InChI=1S/C25H34N2O3/c1-6-20(5)26-25(29)22(7-2)27(16-21-11-9-8-10-12-21)24(28)17-30-23-14-13-18(3)15-19(23)4/h8-15,20,22H,6-7,16-17H2,1-5H3,(H,26,29)/t20-,22-/m1/s1. The van der Waals surface area contributed by atoms with Crippen LogP contribution in [0.4, 0.5) is 0 Å². The summed E-state index contributed by atoms with van der Waals surface area (Å²) < 4.78 is 5.83. The van der Waals surface area contributed by atoms with Crippen molar-refractivity contribution in [3.8, 4) is 5.75 Å². The molecular formula is C25H34N2O3. The van der Waals surface area contributed by atoms with Crippen molar-refractivity contribution < 1.29 is 14.3 Å². The van der Waals surface area contributed by atoms with Crippen molar-refractivity contribution in [2.24, 2.45) is 0 Å². The fourth-order valence-corrected chi connectivity index (χ4v) is 3.32. The molecule has 0 aliphatic heterocycles. The fourth-order valence-electron chi connectivity index (χ4n) is 3.32. The number of hydrogen-bond acceptors (Lipinski definition) is 3. The van der Waals surface area contributed by atoms with Crippen LogP contribution in [0.15, 0.2) is 48.5 Å². The first kappa shape index (κ1) is 23.5. The second-order valence-corrected chi connectivity index (χ2v) is 7.81. The molecule has 0 saturated heterocycles. The summed E-state index contributed by atoms with van der Waals surface area (Å²) in [4.78, 5) is 27.7. The fraction of sp³-hybridized carbons (Fsp3) is 0.440. The van der Waals surface area contributed by atoms with E-state index in [0.29, 0.717) is 18.7 Å². The second kappa shape index (κ2) is 11.4. The van der Waals surface area contributed by atoms with Gasteiger partial charge in [-0.15, -0.1) is 0 Å². The van der Waals surface area contributed by atoms with E-state index in [2.05, 4.69) is 5.32 Å². The molecule has 0 heterocycles. The number of hydrogen-bond donors (Lipinski definition) is 1. The lowest BCUT2D eigenvalue weighted by Gasteiger charge is -2.31. The molecule has 0 aliphatic carbocycles. The predicted molar refractivity (Wildman–Crippen MR) is 120 cm³/mol. The Labute approximate surface area is 180 Å². The topological polar surface area (TPSA) is 58.6 Å². The van der Waals surface area contributed by atoms with Gasteiger partial charge in [-0.2, -0.15) is 0 Å². The van der Waals surface area contributed by atoms with Gasteiger partial charge in [0.1, 0.15) is 11.8 Å². The van der Waals surface area contributed by atoms with Gasteiger partial charge in [0.05, 0.1) is 0 Å². The number of ether oxygens (including phenoxy) is 1. The summed E-state index contributed by atoms with van der Waals surface area (Å²) in [7, 11) is 0. The van der Waals surface area contributed by atoms with Gasteiger partial charge < -0.3 is 15.0 Å². The van der Waals surface area contributed by atoms with E-state index in [1.54, 1.807) is 4.90 Å². The van der Waals surface area contributed by atoms with Crippen LogP contribution in [0.5, 0.6) is 5.75 Å². The number of amides is 2. The van der Waals surface area contributed by atoms with E-state index in [-0.39, 0.29) is 24.5 Å². The molecular weight excluding hydrogens is 376 g/mol. The molecule has 0 fully saturated rings. The number of nitrogens with zero attached hydrogens (tertiary/aromatic N) is 1. The highest BCUT2D eigenvalue weighted by atomic mass is 16.5. The van der Waals surface area contributed by atoms with E-state index in [4.69, 9.17) is 4.74 Å². The number of benzene rings is 2. The molecule has 0 aliphatic rings. The summed E-state index contributed by atoms with van der Waals surface area (Å²) in [5, 5.41) is 3.02. The maximum Gasteiger partial charge on any atom is 0.261 e. The second-order valence-electron chi connectivity index (χ2n) is 7.81. The Bertz CT molecular complexity index is 836. The molecule has 2 rings (SSSR count). The van der Waals surface area contributed by atoms with Gasteiger partial charge in [0, 0.05) is 12.6 Å². The van der Waals surface area contributed by atoms with Gasteiger partial charge in [-0.1, -0.05) is 61.9 Å². The van der Waals surface area contributed by atoms with Crippen LogP contribution in [0.2, 0.25) is 0 Å². The smallest absolute Gasteiger partial charge is 0.261 e. The molecule has 0 radical (unpaired) electrons. The Morgan fingerprint density at radius 2 is 1.73 bits per heavy atom. The van der Waals surface area contributed by atoms with Crippen molar-refractivity contribution in [3.63, 3.8) is 0 Å². The highest BCUT2D eigenvalue weighted by molar-refractivity contribution is 5.88. The highest BCUT2D eigenvalue weighted by Crippen LogP contribution is 2.19. The number of aryl methyl sites for hydroxylation is 2. The number of rotatable bonds is 10. The monoisotopic (exact) mass is 410 g/mol.